The Balaban J connectivity index is 1.50. The third kappa shape index (κ3) is 5.62. The van der Waals surface area contributed by atoms with Gasteiger partial charge < -0.3 is 5.32 Å². The van der Waals surface area contributed by atoms with Crippen molar-refractivity contribution < 1.29 is 30.8 Å². The zero-order valence-electron chi connectivity index (χ0n) is 19.8. The molecule has 1 aliphatic rings. The second-order valence-electron chi connectivity index (χ2n) is 9.16. The molecule has 0 unspecified atom stereocenters. The van der Waals surface area contributed by atoms with Gasteiger partial charge in [0.15, 0.2) is 0 Å². The first-order valence-electron chi connectivity index (χ1n) is 11.2. The van der Waals surface area contributed by atoms with Crippen molar-refractivity contribution in [1.29, 1.82) is 0 Å². The summed E-state index contributed by atoms with van der Waals surface area (Å²) >= 11 is 0. The normalized spacial score (nSPS) is 18.1. The molecule has 3 aromatic rings. The average molecular weight is 538 g/mol. The lowest BCUT2D eigenvalue weighted by molar-refractivity contribution is -0.141. The second kappa shape index (κ2) is 9.78. The molecule has 0 spiro atoms. The van der Waals surface area contributed by atoms with Gasteiger partial charge in [-0.3, -0.25) is 9.78 Å². The molecule has 13 heteroatoms. The Bertz CT molecular complexity index is 1400. The summed E-state index contributed by atoms with van der Waals surface area (Å²) in [5.41, 5.74) is -0.881. The van der Waals surface area contributed by atoms with Crippen molar-refractivity contribution in [3.05, 3.63) is 72.2 Å². The number of sulfonamides is 1. The van der Waals surface area contributed by atoms with Crippen LogP contribution in [0, 0.1) is 5.82 Å². The van der Waals surface area contributed by atoms with Gasteiger partial charge in [0, 0.05) is 17.3 Å². The van der Waals surface area contributed by atoms with Crippen LogP contribution in [0.4, 0.5) is 17.6 Å². The first-order chi connectivity index (χ1) is 17.3. The van der Waals surface area contributed by atoms with Gasteiger partial charge in [0.1, 0.15) is 23.9 Å². The van der Waals surface area contributed by atoms with Crippen LogP contribution < -0.4 is 5.32 Å². The molecule has 0 saturated carbocycles. The lowest BCUT2D eigenvalue weighted by Gasteiger charge is -2.34. The van der Waals surface area contributed by atoms with Gasteiger partial charge in [-0.05, 0) is 69.2 Å². The number of rotatable bonds is 6. The van der Waals surface area contributed by atoms with Gasteiger partial charge in [0.2, 0.25) is 15.9 Å². The van der Waals surface area contributed by atoms with E-state index in [1.807, 2.05) is 0 Å². The molecule has 8 nitrogen and oxygen atoms in total. The predicted octanol–water partition coefficient (Wildman–Crippen LogP) is 3.94. The van der Waals surface area contributed by atoms with E-state index >= 15 is 0 Å². The third-order valence-electron chi connectivity index (χ3n) is 6.10. The number of amides is 1. The molecule has 1 atom stereocenters. The van der Waals surface area contributed by atoms with E-state index in [0.29, 0.717) is 23.4 Å². The van der Waals surface area contributed by atoms with E-state index < -0.39 is 45.2 Å². The smallest absolute Gasteiger partial charge is 0.349 e. The summed E-state index contributed by atoms with van der Waals surface area (Å²) in [6.45, 7) is 3.37. The van der Waals surface area contributed by atoms with Crippen LogP contribution in [0.25, 0.3) is 11.3 Å². The lowest BCUT2D eigenvalue weighted by Crippen LogP contribution is -2.52. The standard InChI is InChI=1S/C24H23F4N5O3S/c1-23(2)10-9-20(33(23)37(35,36)18-6-4-16(25)5-7-18)22(34)30-13-17-11-19(32-14-31-17)15-3-8-21(29-12-15)24(26,27)28/h3-8,11-12,14,20H,9-10,13H2,1-2H3,(H,30,34)/t20-/m0/s1. The summed E-state index contributed by atoms with van der Waals surface area (Å²) in [5, 5.41) is 2.69. The van der Waals surface area contributed by atoms with E-state index in [-0.39, 0.29) is 17.9 Å². The highest BCUT2D eigenvalue weighted by atomic mass is 32.2. The minimum atomic E-state index is -4.56. The number of carbonyl (C=O) groups is 1. The fraction of sp³-hybridized carbons (Fsp3) is 0.333. The monoisotopic (exact) mass is 537 g/mol. The highest BCUT2D eigenvalue weighted by molar-refractivity contribution is 7.89. The van der Waals surface area contributed by atoms with Gasteiger partial charge in [0.05, 0.1) is 22.8 Å². The Hall–Kier alpha value is -3.45. The number of pyridine rings is 1. The number of hydrogen-bond donors (Lipinski definition) is 1. The van der Waals surface area contributed by atoms with E-state index in [0.717, 1.165) is 40.8 Å². The summed E-state index contributed by atoms with van der Waals surface area (Å²) < 4.78 is 79.5. The SMILES string of the molecule is CC1(C)CC[C@@H](C(=O)NCc2cc(-c3ccc(C(F)(F)F)nc3)ncn2)N1S(=O)(=O)c1ccc(F)cc1. The van der Waals surface area contributed by atoms with Gasteiger partial charge in [0.25, 0.3) is 0 Å². The number of halogens is 4. The molecule has 1 saturated heterocycles. The van der Waals surface area contributed by atoms with E-state index in [2.05, 4.69) is 20.3 Å². The molecule has 37 heavy (non-hydrogen) atoms. The molecule has 1 aliphatic heterocycles. The number of benzene rings is 1. The van der Waals surface area contributed by atoms with Gasteiger partial charge in [-0.2, -0.15) is 17.5 Å². The Labute approximate surface area is 210 Å². The lowest BCUT2D eigenvalue weighted by atomic mass is 10.0. The van der Waals surface area contributed by atoms with Gasteiger partial charge >= 0.3 is 6.18 Å². The largest absolute Gasteiger partial charge is 0.433 e. The fourth-order valence-electron chi connectivity index (χ4n) is 4.25. The van der Waals surface area contributed by atoms with E-state index in [1.165, 1.54) is 18.5 Å². The van der Waals surface area contributed by atoms with Crippen molar-refractivity contribution in [2.75, 3.05) is 0 Å². The number of alkyl halides is 3. The molecule has 0 aliphatic carbocycles. The molecule has 1 fully saturated rings. The second-order valence-corrected chi connectivity index (χ2v) is 11.0. The molecule has 1 N–H and O–H groups in total. The van der Waals surface area contributed by atoms with E-state index in [9.17, 15) is 30.8 Å². The molecule has 1 aromatic carbocycles. The van der Waals surface area contributed by atoms with Gasteiger partial charge in [-0.15, -0.1) is 0 Å². The van der Waals surface area contributed by atoms with Crippen LogP contribution in [0.3, 0.4) is 0 Å². The summed E-state index contributed by atoms with van der Waals surface area (Å²) in [5.74, 6) is -1.11. The summed E-state index contributed by atoms with van der Waals surface area (Å²) in [6.07, 6.45) is -1.59. The van der Waals surface area contributed by atoms with Crippen molar-refractivity contribution in [2.45, 2.75) is 55.9 Å². The molecular formula is C24H23F4N5O3S. The van der Waals surface area contributed by atoms with Crippen molar-refractivity contribution in [3.63, 3.8) is 0 Å². The fourth-order valence-corrected chi connectivity index (χ4v) is 6.24. The molecule has 196 valence electrons. The van der Waals surface area contributed by atoms with E-state index in [4.69, 9.17) is 0 Å². The van der Waals surface area contributed by atoms with Crippen LogP contribution in [0.1, 0.15) is 38.1 Å². The number of nitrogens with zero attached hydrogens (tertiary/aromatic N) is 4. The Morgan fingerprint density at radius 3 is 2.43 bits per heavy atom. The number of carbonyl (C=O) groups excluding carboxylic acids is 1. The van der Waals surface area contributed by atoms with Crippen molar-refractivity contribution >= 4 is 15.9 Å². The molecule has 4 rings (SSSR count). The third-order valence-corrected chi connectivity index (χ3v) is 8.23. The zero-order chi connectivity index (χ0) is 27.0. The molecule has 0 bridgehead atoms. The van der Waals surface area contributed by atoms with Crippen LogP contribution in [-0.2, 0) is 27.5 Å². The Kier molecular flexibility index (Phi) is 7.04. The van der Waals surface area contributed by atoms with Crippen molar-refractivity contribution in [3.8, 4) is 11.3 Å². The zero-order valence-corrected chi connectivity index (χ0v) is 20.6. The van der Waals surface area contributed by atoms with Crippen molar-refractivity contribution in [2.24, 2.45) is 0 Å². The van der Waals surface area contributed by atoms with Crippen LogP contribution in [0.15, 0.2) is 59.9 Å². The van der Waals surface area contributed by atoms with E-state index in [1.54, 1.807) is 13.8 Å². The highest BCUT2D eigenvalue weighted by Gasteiger charge is 2.50. The molecular weight excluding hydrogens is 514 g/mol. The predicted molar refractivity (Wildman–Crippen MR) is 125 cm³/mol. The number of hydrogen-bond acceptors (Lipinski definition) is 6. The van der Waals surface area contributed by atoms with Gasteiger partial charge in [-0.1, -0.05) is 0 Å². The molecule has 0 radical (unpaired) electrons. The molecule has 2 aromatic heterocycles. The van der Waals surface area contributed by atoms with Crippen molar-refractivity contribution in [1.82, 2.24) is 24.6 Å². The Morgan fingerprint density at radius 2 is 1.81 bits per heavy atom. The average Bonchev–Trinajstić information content (AvgIpc) is 3.18. The first-order valence-corrected chi connectivity index (χ1v) is 12.7. The minimum absolute atomic E-state index is 0.0657. The summed E-state index contributed by atoms with van der Waals surface area (Å²) in [6, 6.07) is 6.99. The number of nitrogens with one attached hydrogen (secondary N) is 1. The maximum Gasteiger partial charge on any atom is 0.433 e. The summed E-state index contributed by atoms with van der Waals surface area (Å²) in [7, 11) is -4.10. The Morgan fingerprint density at radius 1 is 1.11 bits per heavy atom. The van der Waals surface area contributed by atoms with Crippen LogP contribution in [-0.4, -0.2) is 45.2 Å². The molecule has 3 heterocycles. The van der Waals surface area contributed by atoms with Crippen LogP contribution in [0.2, 0.25) is 0 Å². The number of aromatic nitrogens is 3. The van der Waals surface area contributed by atoms with Gasteiger partial charge in [-0.25, -0.2) is 22.8 Å². The highest BCUT2D eigenvalue weighted by Crippen LogP contribution is 2.38. The molecule has 1 amide bonds. The maximum atomic E-state index is 13.4. The minimum Gasteiger partial charge on any atom is -0.349 e. The maximum absolute atomic E-state index is 13.4. The van der Waals surface area contributed by atoms with Crippen LogP contribution in [0.5, 0.6) is 0 Å². The van der Waals surface area contributed by atoms with Crippen LogP contribution >= 0.6 is 0 Å². The topological polar surface area (TPSA) is 105 Å². The summed E-state index contributed by atoms with van der Waals surface area (Å²) in [4.78, 5) is 24.5. The quantitative estimate of drug-likeness (QED) is 0.478. The first kappa shape index (κ1) is 26.6.